The van der Waals surface area contributed by atoms with E-state index in [1.165, 1.54) is 5.56 Å². The monoisotopic (exact) mass is 272 g/mol. The molecule has 0 bridgehead atoms. The number of hydrogen-bond donors (Lipinski definition) is 1. The lowest BCUT2D eigenvalue weighted by atomic mass is 9.96. The highest BCUT2D eigenvalue weighted by atomic mass is 16.4. The molecule has 0 saturated heterocycles. The summed E-state index contributed by atoms with van der Waals surface area (Å²) in [7, 11) is 0. The van der Waals surface area contributed by atoms with Gasteiger partial charge in [0.1, 0.15) is 0 Å². The van der Waals surface area contributed by atoms with Gasteiger partial charge < -0.3 is 5.21 Å². The molecule has 1 aliphatic rings. The molecule has 0 aliphatic heterocycles. The first-order valence-corrected chi connectivity index (χ1v) is 7.49. The SMILES string of the molecule is CCN(Cc1ccccc1)[C@@H]1CCC=CCC/C1=N/O. The number of oxime groups is 1. The Hall–Kier alpha value is -1.61. The molecule has 1 N–H and O–H groups in total. The molecule has 0 heterocycles. The molecular formula is C17H24N2O. The van der Waals surface area contributed by atoms with Gasteiger partial charge in [-0.15, -0.1) is 0 Å². The highest BCUT2D eigenvalue weighted by Gasteiger charge is 2.23. The number of benzene rings is 1. The van der Waals surface area contributed by atoms with E-state index in [1.54, 1.807) is 0 Å². The van der Waals surface area contributed by atoms with Gasteiger partial charge in [-0.05, 0) is 37.8 Å². The Labute approximate surface area is 121 Å². The van der Waals surface area contributed by atoms with E-state index in [9.17, 15) is 5.21 Å². The highest BCUT2D eigenvalue weighted by molar-refractivity contribution is 5.89. The Morgan fingerprint density at radius 2 is 1.95 bits per heavy atom. The van der Waals surface area contributed by atoms with Crippen molar-refractivity contribution >= 4 is 5.71 Å². The van der Waals surface area contributed by atoms with Gasteiger partial charge in [0, 0.05) is 6.54 Å². The van der Waals surface area contributed by atoms with Crippen LogP contribution in [-0.2, 0) is 6.54 Å². The van der Waals surface area contributed by atoms with Crippen LogP contribution in [-0.4, -0.2) is 28.4 Å². The second-order valence-corrected chi connectivity index (χ2v) is 5.24. The molecule has 1 atom stereocenters. The van der Waals surface area contributed by atoms with Gasteiger partial charge in [-0.3, -0.25) is 4.90 Å². The quantitative estimate of drug-likeness (QED) is 0.513. The molecule has 0 fully saturated rings. The zero-order valence-corrected chi connectivity index (χ0v) is 12.2. The Morgan fingerprint density at radius 1 is 1.20 bits per heavy atom. The average molecular weight is 272 g/mol. The van der Waals surface area contributed by atoms with Crippen LogP contribution in [0.15, 0.2) is 47.6 Å². The number of allylic oxidation sites excluding steroid dienone is 2. The number of nitrogens with zero attached hydrogens (tertiary/aromatic N) is 2. The summed E-state index contributed by atoms with van der Waals surface area (Å²) in [6.07, 6.45) is 8.33. The van der Waals surface area contributed by atoms with Crippen molar-refractivity contribution in [1.82, 2.24) is 4.90 Å². The molecule has 0 amide bonds. The van der Waals surface area contributed by atoms with E-state index < -0.39 is 0 Å². The van der Waals surface area contributed by atoms with E-state index in [0.29, 0.717) is 0 Å². The van der Waals surface area contributed by atoms with Crippen molar-refractivity contribution < 1.29 is 5.21 Å². The maximum absolute atomic E-state index is 9.33. The molecule has 3 nitrogen and oxygen atoms in total. The van der Waals surface area contributed by atoms with Crippen LogP contribution < -0.4 is 0 Å². The fourth-order valence-electron chi connectivity index (χ4n) is 2.82. The first-order chi connectivity index (χ1) is 9.85. The van der Waals surface area contributed by atoms with Crippen molar-refractivity contribution in [2.45, 2.75) is 45.2 Å². The van der Waals surface area contributed by atoms with E-state index >= 15 is 0 Å². The van der Waals surface area contributed by atoms with Crippen molar-refractivity contribution in [2.24, 2.45) is 5.16 Å². The summed E-state index contributed by atoms with van der Waals surface area (Å²) in [5, 5.41) is 12.9. The van der Waals surface area contributed by atoms with E-state index in [2.05, 4.69) is 53.4 Å². The minimum absolute atomic E-state index is 0.246. The standard InChI is InChI=1S/C17H24N2O/c1-2-19(14-15-10-6-5-7-11-15)17-13-9-4-3-8-12-16(17)18-20/h3-7,10-11,17,20H,2,8-9,12-14H2,1H3/b4-3?,18-16-/t17-/m1/s1. The molecule has 3 heteroatoms. The van der Waals surface area contributed by atoms with Gasteiger partial charge in [-0.25, -0.2) is 0 Å². The third-order valence-corrected chi connectivity index (χ3v) is 3.93. The van der Waals surface area contributed by atoms with Crippen molar-refractivity contribution in [2.75, 3.05) is 6.54 Å². The Bertz CT molecular complexity index is 453. The molecular weight excluding hydrogens is 248 g/mol. The number of hydrogen-bond acceptors (Lipinski definition) is 3. The summed E-state index contributed by atoms with van der Waals surface area (Å²) in [5.74, 6) is 0. The van der Waals surface area contributed by atoms with Gasteiger partial charge in [0.25, 0.3) is 0 Å². The molecule has 0 saturated carbocycles. The predicted molar refractivity (Wildman–Crippen MR) is 83.1 cm³/mol. The van der Waals surface area contributed by atoms with Crippen molar-refractivity contribution in [3.63, 3.8) is 0 Å². The lowest BCUT2D eigenvalue weighted by Gasteiger charge is -2.31. The van der Waals surface area contributed by atoms with Crippen LogP contribution >= 0.6 is 0 Å². The maximum Gasteiger partial charge on any atom is 0.0745 e. The second kappa shape index (κ2) is 7.85. The van der Waals surface area contributed by atoms with Gasteiger partial charge in [0.05, 0.1) is 11.8 Å². The Morgan fingerprint density at radius 3 is 2.65 bits per heavy atom. The summed E-state index contributed by atoms with van der Waals surface area (Å²) in [4.78, 5) is 2.41. The van der Waals surface area contributed by atoms with Crippen LogP contribution in [0, 0.1) is 0 Å². The first kappa shape index (κ1) is 14.8. The van der Waals surface area contributed by atoms with Crippen molar-refractivity contribution in [1.29, 1.82) is 0 Å². The molecule has 0 aromatic heterocycles. The molecule has 0 unspecified atom stereocenters. The van der Waals surface area contributed by atoms with Crippen LogP contribution in [0.4, 0.5) is 0 Å². The van der Waals surface area contributed by atoms with Crippen molar-refractivity contribution in [3.05, 3.63) is 48.0 Å². The van der Waals surface area contributed by atoms with Gasteiger partial charge in [0.2, 0.25) is 0 Å². The van der Waals surface area contributed by atoms with Crippen molar-refractivity contribution in [3.8, 4) is 0 Å². The molecule has 1 aliphatic carbocycles. The predicted octanol–water partition coefficient (Wildman–Crippen LogP) is 3.84. The van der Waals surface area contributed by atoms with Gasteiger partial charge in [-0.1, -0.05) is 54.6 Å². The summed E-state index contributed by atoms with van der Waals surface area (Å²) in [5.41, 5.74) is 2.23. The topological polar surface area (TPSA) is 35.8 Å². The summed E-state index contributed by atoms with van der Waals surface area (Å²) in [6, 6.07) is 10.7. The summed E-state index contributed by atoms with van der Waals surface area (Å²) < 4.78 is 0. The minimum atomic E-state index is 0.246. The van der Waals surface area contributed by atoms with Crippen LogP contribution in [0.3, 0.4) is 0 Å². The van der Waals surface area contributed by atoms with Crippen LogP contribution in [0.2, 0.25) is 0 Å². The Balaban J connectivity index is 2.13. The molecule has 2 rings (SSSR count). The van der Waals surface area contributed by atoms with Gasteiger partial charge in [-0.2, -0.15) is 0 Å². The van der Waals surface area contributed by atoms with Crippen LogP contribution in [0.25, 0.3) is 0 Å². The van der Waals surface area contributed by atoms with Gasteiger partial charge >= 0.3 is 0 Å². The van der Waals surface area contributed by atoms with E-state index in [1.807, 2.05) is 6.07 Å². The van der Waals surface area contributed by atoms with Crippen LogP contribution in [0.5, 0.6) is 0 Å². The highest BCUT2D eigenvalue weighted by Crippen LogP contribution is 2.18. The second-order valence-electron chi connectivity index (χ2n) is 5.24. The molecule has 20 heavy (non-hydrogen) atoms. The molecule has 1 aromatic carbocycles. The Kier molecular flexibility index (Phi) is 5.81. The minimum Gasteiger partial charge on any atom is -0.411 e. The lowest BCUT2D eigenvalue weighted by Crippen LogP contribution is -2.41. The lowest BCUT2D eigenvalue weighted by molar-refractivity contribution is 0.225. The van der Waals surface area contributed by atoms with E-state index in [-0.39, 0.29) is 6.04 Å². The number of rotatable bonds is 4. The fourth-order valence-corrected chi connectivity index (χ4v) is 2.82. The summed E-state index contributed by atoms with van der Waals surface area (Å²) in [6.45, 7) is 4.04. The molecule has 1 aromatic rings. The smallest absolute Gasteiger partial charge is 0.0745 e. The average Bonchev–Trinajstić information content (AvgIpc) is 2.47. The largest absolute Gasteiger partial charge is 0.411 e. The normalized spacial score (nSPS) is 21.9. The van der Waals surface area contributed by atoms with E-state index in [0.717, 1.165) is 44.5 Å². The first-order valence-electron chi connectivity index (χ1n) is 7.49. The summed E-state index contributed by atoms with van der Waals surface area (Å²) >= 11 is 0. The molecule has 108 valence electrons. The zero-order chi connectivity index (χ0) is 14.2. The van der Waals surface area contributed by atoms with Crippen LogP contribution in [0.1, 0.15) is 38.2 Å². The zero-order valence-electron chi connectivity index (χ0n) is 12.2. The van der Waals surface area contributed by atoms with Gasteiger partial charge in [0.15, 0.2) is 0 Å². The third-order valence-electron chi connectivity index (χ3n) is 3.93. The van der Waals surface area contributed by atoms with E-state index in [4.69, 9.17) is 0 Å². The molecule has 0 radical (unpaired) electrons. The third kappa shape index (κ3) is 3.94. The fraction of sp³-hybridized carbons (Fsp3) is 0.471. The molecule has 0 spiro atoms. The maximum atomic E-state index is 9.33.